The molecular formula is C24H30N4O3. The summed E-state index contributed by atoms with van der Waals surface area (Å²) in [6.45, 7) is 2.12. The number of hydrogen-bond acceptors (Lipinski definition) is 3. The van der Waals surface area contributed by atoms with Gasteiger partial charge in [-0.05, 0) is 37.1 Å². The number of carbonyl (C=O) groups is 3. The van der Waals surface area contributed by atoms with Crippen LogP contribution in [0.1, 0.15) is 53.0 Å². The molecule has 2 aliphatic rings. The summed E-state index contributed by atoms with van der Waals surface area (Å²) in [4.78, 5) is 41.7. The molecule has 1 saturated carbocycles. The van der Waals surface area contributed by atoms with Crippen molar-refractivity contribution < 1.29 is 14.4 Å². The van der Waals surface area contributed by atoms with Crippen molar-refractivity contribution in [2.24, 2.45) is 0 Å². The number of nitrogens with one attached hydrogen (secondary N) is 1. The van der Waals surface area contributed by atoms with E-state index in [1.807, 2.05) is 30.3 Å². The summed E-state index contributed by atoms with van der Waals surface area (Å²) in [6, 6.07) is 13.0. The van der Waals surface area contributed by atoms with Gasteiger partial charge < -0.3 is 19.7 Å². The largest absolute Gasteiger partial charge is 0.352 e. The lowest BCUT2D eigenvalue weighted by Gasteiger charge is -2.35. The van der Waals surface area contributed by atoms with E-state index in [0.717, 1.165) is 25.7 Å². The first-order chi connectivity index (χ1) is 15.1. The van der Waals surface area contributed by atoms with Crippen LogP contribution < -0.4 is 5.32 Å². The zero-order valence-corrected chi connectivity index (χ0v) is 17.8. The van der Waals surface area contributed by atoms with Gasteiger partial charge in [-0.1, -0.05) is 37.5 Å². The Hall–Kier alpha value is -3.09. The molecule has 1 aliphatic heterocycles. The van der Waals surface area contributed by atoms with Crippen LogP contribution in [0.2, 0.25) is 0 Å². The first-order valence-electron chi connectivity index (χ1n) is 11.2. The normalized spacial score (nSPS) is 17.4. The molecule has 2 aromatic rings. The van der Waals surface area contributed by atoms with Crippen LogP contribution in [0.3, 0.4) is 0 Å². The van der Waals surface area contributed by atoms with Gasteiger partial charge in [0.05, 0.1) is 0 Å². The Kier molecular flexibility index (Phi) is 6.70. The van der Waals surface area contributed by atoms with E-state index < -0.39 is 0 Å². The van der Waals surface area contributed by atoms with E-state index in [4.69, 9.17) is 0 Å². The molecule has 164 valence electrons. The van der Waals surface area contributed by atoms with Gasteiger partial charge in [-0.2, -0.15) is 0 Å². The Bertz CT molecular complexity index is 910. The summed E-state index contributed by atoms with van der Waals surface area (Å²) < 4.78 is 1.72. The molecule has 0 spiro atoms. The Morgan fingerprint density at radius 2 is 1.45 bits per heavy atom. The average Bonchev–Trinajstić information content (AvgIpc) is 3.27. The van der Waals surface area contributed by atoms with Crippen molar-refractivity contribution in [2.75, 3.05) is 26.2 Å². The minimum Gasteiger partial charge on any atom is -0.352 e. The third kappa shape index (κ3) is 5.16. The molecule has 1 aliphatic carbocycles. The Morgan fingerprint density at radius 1 is 0.806 bits per heavy atom. The smallest absolute Gasteiger partial charge is 0.270 e. The highest BCUT2D eigenvalue weighted by Crippen LogP contribution is 2.17. The van der Waals surface area contributed by atoms with Gasteiger partial charge >= 0.3 is 0 Å². The number of piperazine rings is 1. The molecule has 31 heavy (non-hydrogen) atoms. The Labute approximate surface area is 183 Å². The lowest BCUT2D eigenvalue weighted by atomic mass is 9.95. The molecule has 2 heterocycles. The molecule has 1 saturated heterocycles. The van der Waals surface area contributed by atoms with Gasteiger partial charge in [0.25, 0.3) is 11.8 Å². The average molecular weight is 423 g/mol. The molecule has 4 rings (SSSR count). The van der Waals surface area contributed by atoms with Crippen LogP contribution in [-0.4, -0.2) is 64.3 Å². The van der Waals surface area contributed by atoms with E-state index in [0.29, 0.717) is 37.4 Å². The first kappa shape index (κ1) is 21.2. The fourth-order valence-corrected chi connectivity index (χ4v) is 4.46. The van der Waals surface area contributed by atoms with Crippen molar-refractivity contribution in [3.05, 3.63) is 59.9 Å². The minimum atomic E-state index is -0.0951. The summed E-state index contributed by atoms with van der Waals surface area (Å²) in [5.41, 5.74) is 1.18. The number of aromatic nitrogens is 1. The monoisotopic (exact) mass is 422 g/mol. The number of hydrogen-bond donors (Lipinski definition) is 1. The molecule has 2 fully saturated rings. The van der Waals surface area contributed by atoms with Crippen LogP contribution >= 0.6 is 0 Å². The molecule has 1 N–H and O–H groups in total. The molecule has 7 heteroatoms. The topological polar surface area (TPSA) is 74.7 Å². The molecule has 3 amide bonds. The van der Waals surface area contributed by atoms with E-state index in [1.54, 1.807) is 32.7 Å². The van der Waals surface area contributed by atoms with Crippen molar-refractivity contribution in [1.82, 2.24) is 19.7 Å². The van der Waals surface area contributed by atoms with Gasteiger partial charge in [-0.15, -0.1) is 0 Å². The van der Waals surface area contributed by atoms with E-state index in [2.05, 4.69) is 5.32 Å². The van der Waals surface area contributed by atoms with E-state index in [1.165, 1.54) is 6.42 Å². The molecule has 0 radical (unpaired) electrons. The molecular weight excluding hydrogens is 392 g/mol. The van der Waals surface area contributed by atoms with Crippen LogP contribution in [0.5, 0.6) is 0 Å². The van der Waals surface area contributed by atoms with E-state index in [-0.39, 0.29) is 30.3 Å². The summed E-state index contributed by atoms with van der Waals surface area (Å²) in [5, 5.41) is 3.11. The van der Waals surface area contributed by atoms with Crippen molar-refractivity contribution >= 4 is 17.7 Å². The number of carbonyl (C=O) groups excluding carboxylic acids is 3. The maximum absolute atomic E-state index is 13.1. The molecule has 0 unspecified atom stereocenters. The molecule has 1 aromatic carbocycles. The fourth-order valence-electron chi connectivity index (χ4n) is 4.46. The number of amides is 3. The fraction of sp³-hybridized carbons (Fsp3) is 0.458. The maximum atomic E-state index is 13.1. The third-order valence-electron chi connectivity index (χ3n) is 6.21. The van der Waals surface area contributed by atoms with Crippen LogP contribution in [0.25, 0.3) is 0 Å². The van der Waals surface area contributed by atoms with Crippen LogP contribution in [0.15, 0.2) is 48.7 Å². The van der Waals surface area contributed by atoms with Gasteiger partial charge in [0.1, 0.15) is 12.2 Å². The number of rotatable bonds is 5. The maximum Gasteiger partial charge on any atom is 0.270 e. The van der Waals surface area contributed by atoms with Gasteiger partial charge in [0, 0.05) is 44.0 Å². The SMILES string of the molecule is O=C(Cn1cccc1C(=O)N1CCN(C(=O)c2ccccc2)CC1)NC1CCCCC1. The molecule has 1 aromatic heterocycles. The van der Waals surface area contributed by atoms with Crippen LogP contribution in [0, 0.1) is 0 Å². The van der Waals surface area contributed by atoms with Gasteiger partial charge in [0.15, 0.2) is 0 Å². The third-order valence-corrected chi connectivity index (χ3v) is 6.21. The standard InChI is InChI=1S/C24H30N4O3/c29-22(25-20-10-5-2-6-11-20)18-28-13-7-12-21(28)24(31)27-16-14-26(15-17-27)23(30)19-8-3-1-4-9-19/h1,3-4,7-9,12-13,20H,2,5-6,10-11,14-18H2,(H,25,29). The summed E-state index contributed by atoms with van der Waals surface area (Å²) in [6.07, 6.45) is 7.42. The summed E-state index contributed by atoms with van der Waals surface area (Å²) >= 11 is 0. The van der Waals surface area contributed by atoms with Crippen molar-refractivity contribution in [1.29, 1.82) is 0 Å². The number of benzene rings is 1. The minimum absolute atomic E-state index is 0.00421. The zero-order chi connectivity index (χ0) is 21.6. The Balaban J connectivity index is 1.32. The highest BCUT2D eigenvalue weighted by atomic mass is 16.2. The highest BCUT2D eigenvalue weighted by molar-refractivity contribution is 5.95. The van der Waals surface area contributed by atoms with Crippen LogP contribution in [-0.2, 0) is 11.3 Å². The van der Waals surface area contributed by atoms with E-state index in [9.17, 15) is 14.4 Å². The van der Waals surface area contributed by atoms with Crippen molar-refractivity contribution in [2.45, 2.75) is 44.7 Å². The van der Waals surface area contributed by atoms with Gasteiger partial charge in [0.2, 0.25) is 5.91 Å². The second-order valence-electron chi connectivity index (χ2n) is 8.37. The quantitative estimate of drug-likeness (QED) is 0.805. The molecule has 0 bridgehead atoms. The number of nitrogens with zero attached hydrogens (tertiary/aromatic N) is 3. The second-order valence-corrected chi connectivity index (χ2v) is 8.37. The Morgan fingerprint density at radius 3 is 2.13 bits per heavy atom. The van der Waals surface area contributed by atoms with Gasteiger partial charge in [-0.3, -0.25) is 14.4 Å². The highest BCUT2D eigenvalue weighted by Gasteiger charge is 2.27. The molecule has 0 atom stereocenters. The van der Waals surface area contributed by atoms with Crippen molar-refractivity contribution in [3.63, 3.8) is 0 Å². The predicted octanol–water partition coefficient (Wildman–Crippen LogP) is 2.54. The predicted molar refractivity (Wildman–Crippen MR) is 118 cm³/mol. The lowest BCUT2D eigenvalue weighted by molar-refractivity contribution is -0.122. The second kappa shape index (κ2) is 9.81. The van der Waals surface area contributed by atoms with Gasteiger partial charge in [-0.25, -0.2) is 0 Å². The lowest BCUT2D eigenvalue weighted by Crippen LogP contribution is -2.51. The first-order valence-corrected chi connectivity index (χ1v) is 11.2. The summed E-state index contributed by atoms with van der Waals surface area (Å²) in [7, 11) is 0. The van der Waals surface area contributed by atoms with E-state index >= 15 is 0 Å². The summed E-state index contributed by atoms with van der Waals surface area (Å²) in [5.74, 6) is -0.145. The van der Waals surface area contributed by atoms with Crippen molar-refractivity contribution in [3.8, 4) is 0 Å². The molecule has 7 nitrogen and oxygen atoms in total. The van der Waals surface area contributed by atoms with Crippen LogP contribution in [0.4, 0.5) is 0 Å². The zero-order valence-electron chi connectivity index (χ0n) is 17.8.